The van der Waals surface area contributed by atoms with Crippen LogP contribution >= 0.6 is 11.8 Å². The van der Waals surface area contributed by atoms with Crippen molar-refractivity contribution < 1.29 is 22.8 Å². The van der Waals surface area contributed by atoms with Gasteiger partial charge in [-0.3, -0.25) is 14.4 Å². The molecule has 202 valence electrons. The first-order valence-electron chi connectivity index (χ1n) is 12.3. The van der Waals surface area contributed by atoms with Gasteiger partial charge < -0.3 is 21.3 Å². The maximum atomic E-state index is 13.2. The fourth-order valence-electron chi connectivity index (χ4n) is 4.57. The molecule has 36 heavy (non-hydrogen) atoms. The molecule has 1 aromatic heterocycles. The molecule has 0 radical (unpaired) electrons. The molecule has 2 saturated heterocycles. The lowest BCUT2D eigenvalue weighted by Gasteiger charge is -2.44. The first-order chi connectivity index (χ1) is 17.0. The van der Waals surface area contributed by atoms with Crippen LogP contribution in [0.1, 0.15) is 78.1 Å². The molecule has 4 atom stereocenters. The van der Waals surface area contributed by atoms with Crippen LogP contribution in [-0.2, 0) is 24.4 Å². The zero-order valence-electron chi connectivity index (χ0n) is 21.1. The van der Waals surface area contributed by atoms with E-state index in [1.54, 1.807) is 0 Å². The lowest BCUT2D eigenvalue weighted by atomic mass is 9.95. The molecule has 0 aromatic carbocycles. The number of nitrogens with zero attached hydrogens (tertiary/aromatic N) is 5. The summed E-state index contributed by atoms with van der Waals surface area (Å²) in [5.74, 6) is -1.27. The Bertz CT molecular complexity index is 1080. The predicted molar refractivity (Wildman–Crippen MR) is 134 cm³/mol. The minimum Gasteiger partial charge on any atom is -0.343 e. The van der Waals surface area contributed by atoms with E-state index in [0.29, 0.717) is 19.3 Å². The van der Waals surface area contributed by atoms with Gasteiger partial charge in [-0.2, -0.15) is 0 Å². The Kier molecular flexibility index (Phi) is 8.98. The molecule has 3 rings (SSSR count). The highest BCUT2D eigenvalue weighted by Gasteiger charge is 2.64. The van der Waals surface area contributed by atoms with Crippen molar-refractivity contribution >= 4 is 39.5 Å². The highest BCUT2D eigenvalue weighted by Crippen LogP contribution is 2.57. The number of unbranched alkanes of at least 4 members (excludes halogenated alkanes) is 3. The standard InChI is InChI=1S/C21H36N8O5S2/c1-5-7-8-9-11-36(33,34)29-17(25-26-27-29)16-21(3,4)35-20-15(19(32)28(16)20)24-18(31)13(10-6-2)23-14(30)12-22/h13,15-16,20H,5-12,22H2,1-4H3,(H,23,30)(H,24,31)/t13?,15?,16?,20-/m1/s1. The van der Waals surface area contributed by atoms with E-state index < -0.39 is 50.1 Å². The molecule has 4 N–H and O–H groups in total. The topological polar surface area (TPSA) is 182 Å². The van der Waals surface area contributed by atoms with E-state index in [4.69, 9.17) is 5.73 Å². The Labute approximate surface area is 215 Å². The second-order valence-electron chi connectivity index (χ2n) is 9.62. The maximum absolute atomic E-state index is 13.2. The number of nitrogens with one attached hydrogen (secondary N) is 2. The minimum atomic E-state index is -3.80. The first kappa shape index (κ1) is 28.3. The third-order valence-electron chi connectivity index (χ3n) is 6.38. The van der Waals surface area contributed by atoms with Crippen LogP contribution in [0.25, 0.3) is 0 Å². The number of thioether (sulfide) groups is 1. The van der Waals surface area contributed by atoms with Gasteiger partial charge in [0, 0.05) is 4.75 Å². The van der Waals surface area contributed by atoms with Gasteiger partial charge in [0.15, 0.2) is 5.82 Å². The number of aromatic nitrogens is 4. The van der Waals surface area contributed by atoms with Gasteiger partial charge in [-0.05, 0) is 37.1 Å². The first-order valence-corrected chi connectivity index (χ1v) is 14.8. The number of hydrogen-bond acceptors (Lipinski definition) is 10. The molecule has 3 heterocycles. The Hall–Kier alpha value is -2.26. The number of rotatable bonds is 13. The number of hydrogen-bond donors (Lipinski definition) is 3. The molecule has 0 bridgehead atoms. The normalized spacial score (nSPS) is 23.6. The molecule has 15 heteroatoms. The average Bonchev–Trinajstić information content (AvgIpc) is 3.40. The van der Waals surface area contributed by atoms with Gasteiger partial charge in [0.05, 0.1) is 12.3 Å². The summed E-state index contributed by atoms with van der Waals surface area (Å²) >= 11 is 1.44. The summed E-state index contributed by atoms with van der Waals surface area (Å²) in [5.41, 5.74) is 5.35. The third kappa shape index (κ3) is 5.67. The molecule has 0 saturated carbocycles. The van der Waals surface area contributed by atoms with E-state index in [1.165, 1.54) is 16.7 Å². The van der Waals surface area contributed by atoms with E-state index in [2.05, 4.69) is 26.2 Å². The highest BCUT2D eigenvalue weighted by molar-refractivity contribution is 8.01. The largest absolute Gasteiger partial charge is 0.343 e. The van der Waals surface area contributed by atoms with Gasteiger partial charge in [0.25, 0.3) is 10.0 Å². The van der Waals surface area contributed by atoms with Crippen molar-refractivity contribution in [3.05, 3.63) is 5.82 Å². The summed E-state index contributed by atoms with van der Waals surface area (Å²) in [4.78, 5) is 39.3. The summed E-state index contributed by atoms with van der Waals surface area (Å²) in [6.45, 7) is 7.47. The highest BCUT2D eigenvalue weighted by atomic mass is 32.2. The van der Waals surface area contributed by atoms with Crippen LogP contribution in [0.2, 0.25) is 0 Å². The molecule has 1 aromatic rings. The number of amides is 3. The molecular weight excluding hydrogens is 508 g/mol. The van der Waals surface area contributed by atoms with E-state index in [-0.39, 0.29) is 24.0 Å². The zero-order valence-corrected chi connectivity index (χ0v) is 22.8. The van der Waals surface area contributed by atoms with Crippen LogP contribution in [0, 0.1) is 0 Å². The zero-order chi connectivity index (χ0) is 26.7. The Morgan fingerprint density at radius 3 is 2.56 bits per heavy atom. The van der Waals surface area contributed by atoms with Gasteiger partial charge >= 0.3 is 0 Å². The van der Waals surface area contributed by atoms with Crippen molar-refractivity contribution in [2.24, 2.45) is 5.73 Å². The second kappa shape index (κ2) is 11.4. The number of β-lactam (4-membered cyclic amide) rings is 1. The van der Waals surface area contributed by atoms with Crippen molar-refractivity contribution in [2.75, 3.05) is 12.3 Å². The Morgan fingerprint density at radius 1 is 1.19 bits per heavy atom. The summed E-state index contributed by atoms with van der Waals surface area (Å²) in [6.07, 6.45) is 4.26. The fraction of sp³-hybridized carbons (Fsp3) is 0.810. The van der Waals surface area contributed by atoms with E-state index in [1.807, 2.05) is 27.7 Å². The molecule has 13 nitrogen and oxygen atoms in total. The third-order valence-corrected chi connectivity index (χ3v) is 9.54. The monoisotopic (exact) mass is 544 g/mol. The molecule has 3 unspecified atom stereocenters. The molecule has 2 aliphatic heterocycles. The van der Waals surface area contributed by atoms with Gasteiger partial charge in [-0.1, -0.05) is 39.5 Å². The number of fused-ring (bicyclic) bond motifs is 1. The quantitative estimate of drug-likeness (QED) is 0.224. The second-order valence-corrected chi connectivity index (χ2v) is 13.3. The molecular formula is C21H36N8O5S2. The van der Waals surface area contributed by atoms with E-state index in [0.717, 1.165) is 23.3 Å². The molecule has 0 spiro atoms. The van der Waals surface area contributed by atoms with Gasteiger partial charge in [0.2, 0.25) is 17.7 Å². The Balaban J connectivity index is 1.77. The van der Waals surface area contributed by atoms with Crippen molar-refractivity contribution in [1.29, 1.82) is 0 Å². The van der Waals surface area contributed by atoms with Crippen LogP contribution in [0.3, 0.4) is 0 Å². The van der Waals surface area contributed by atoms with Gasteiger partial charge in [0.1, 0.15) is 23.5 Å². The van der Waals surface area contributed by atoms with Crippen molar-refractivity contribution in [3.63, 3.8) is 0 Å². The number of carbonyl (C=O) groups excluding carboxylic acids is 3. The molecule has 2 aliphatic rings. The van der Waals surface area contributed by atoms with Crippen LogP contribution in [-0.4, -0.2) is 85.2 Å². The van der Waals surface area contributed by atoms with Crippen LogP contribution in [0.4, 0.5) is 0 Å². The number of carbonyl (C=O) groups is 3. The van der Waals surface area contributed by atoms with Crippen molar-refractivity contribution in [2.45, 2.75) is 94.5 Å². The van der Waals surface area contributed by atoms with E-state index >= 15 is 0 Å². The lowest BCUT2D eigenvalue weighted by Crippen LogP contribution is -2.69. The van der Waals surface area contributed by atoms with Crippen molar-refractivity contribution in [3.8, 4) is 0 Å². The Morgan fingerprint density at radius 2 is 1.92 bits per heavy atom. The smallest absolute Gasteiger partial charge is 0.256 e. The average molecular weight is 545 g/mol. The summed E-state index contributed by atoms with van der Waals surface area (Å²) in [7, 11) is -3.80. The molecule has 0 aliphatic carbocycles. The molecule has 3 amide bonds. The van der Waals surface area contributed by atoms with Crippen LogP contribution < -0.4 is 16.4 Å². The van der Waals surface area contributed by atoms with Gasteiger partial charge in [-0.25, -0.2) is 8.42 Å². The maximum Gasteiger partial charge on any atom is 0.256 e. The number of tetrazole rings is 1. The summed E-state index contributed by atoms with van der Waals surface area (Å²) in [6, 6.07) is -2.30. The fourth-order valence-corrected chi connectivity index (χ4v) is 7.51. The summed E-state index contributed by atoms with van der Waals surface area (Å²) in [5, 5.41) is 16.3. The predicted octanol–water partition coefficient (Wildman–Crippen LogP) is -0.105. The van der Waals surface area contributed by atoms with Crippen LogP contribution in [0.15, 0.2) is 0 Å². The SMILES string of the molecule is CCCCCCS(=O)(=O)n1nnnc1C1N2C(=O)C(NC(=O)C(CCC)NC(=O)CN)[C@H]2SC1(C)C. The van der Waals surface area contributed by atoms with E-state index in [9.17, 15) is 22.8 Å². The minimum absolute atomic E-state index is 0.0858. The lowest BCUT2D eigenvalue weighted by molar-refractivity contribution is -0.152. The van der Waals surface area contributed by atoms with Crippen LogP contribution in [0.5, 0.6) is 0 Å². The van der Waals surface area contributed by atoms with Crippen molar-refractivity contribution in [1.82, 2.24) is 35.1 Å². The number of nitrogens with two attached hydrogens (primary N) is 1. The summed E-state index contributed by atoms with van der Waals surface area (Å²) < 4.78 is 26.2. The molecule has 2 fully saturated rings. The van der Waals surface area contributed by atoms with Gasteiger partial charge in [-0.15, -0.1) is 20.9 Å².